The molecule has 7 nitrogen and oxygen atoms in total. The van der Waals surface area contributed by atoms with Gasteiger partial charge in [0.1, 0.15) is 5.76 Å². The second kappa shape index (κ2) is 10.8. The largest absolute Gasteiger partial charge is 0.459 e. The van der Waals surface area contributed by atoms with Gasteiger partial charge in [-0.05, 0) is 70.1 Å². The van der Waals surface area contributed by atoms with Crippen LogP contribution in [0, 0.1) is 0 Å². The normalized spacial score (nSPS) is 18.2. The Morgan fingerprint density at radius 3 is 2.57 bits per heavy atom. The van der Waals surface area contributed by atoms with Crippen molar-refractivity contribution in [3.63, 3.8) is 0 Å². The van der Waals surface area contributed by atoms with Crippen molar-refractivity contribution in [2.45, 2.75) is 57.1 Å². The number of piperidine rings is 1. The SMILES string of the molecule is CSc1ccc([C@@H]2C(C(=O)OC(C)C)=C(C)N=c3s/c(=C\c4ccc(N5CCCCC5)o4)c(=O)n32)cc1. The highest BCUT2D eigenvalue weighted by Crippen LogP contribution is 2.32. The highest BCUT2D eigenvalue weighted by atomic mass is 32.2. The molecule has 1 atom stereocenters. The number of allylic oxidation sites excluding steroid dienone is 1. The summed E-state index contributed by atoms with van der Waals surface area (Å²) in [6, 6.07) is 11.2. The van der Waals surface area contributed by atoms with Crippen LogP contribution in [-0.4, -0.2) is 36.0 Å². The van der Waals surface area contributed by atoms with Crippen molar-refractivity contribution in [1.29, 1.82) is 0 Å². The van der Waals surface area contributed by atoms with Crippen LogP contribution in [0.1, 0.15) is 57.4 Å². The number of anilines is 1. The van der Waals surface area contributed by atoms with E-state index in [-0.39, 0.29) is 11.7 Å². The number of aromatic nitrogens is 1. The first-order chi connectivity index (χ1) is 17.9. The van der Waals surface area contributed by atoms with Gasteiger partial charge in [0.25, 0.3) is 5.56 Å². The molecule has 1 fully saturated rings. The first-order valence-electron chi connectivity index (χ1n) is 12.6. The van der Waals surface area contributed by atoms with Crippen molar-refractivity contribution in [1.82, 2.24) is 4.57 Å². The Balaban J connectivity index is 1.60. The molecule has 5 rings (SSSR count). The first kappa shape index (κ1) is 25.6. The van der Waals surface area contributed by atoms with E-state index >= 15 is 0 Å². The number of thiazole rings is 1. The van der Waals surface area contributed by atoms with Crippen LogP contribution in [0.2, 0.25) is 0 Å². The number of hydrogen-bond donors (Lipinski definition) is 0. The maximum atomic E-state index is 13.8. The molecule has 0 radical (unpaired) electrons. The number of hydrogen-bond acceptors (Lipinski definition) is 8. The second-order valence-electron chi connectivity index (χ2n) is 9.53. The van der Waals surface area contributed by atoms with Crippen LogP contribution >= 0.6 is 23.1 Å². The first-order valence-corrected chi connectivity index (χ1v) is 14.6. The second-order valence-corrected chi connectivity index (χ2v) is 11.4. The van der Waals surface area contributed by atoms with E-state index in [1.165, 1.54) is 17.8 Å². The molecule has 2 aliphatic rings. The maximum absolute atomic E-state index is 13.8. The van der Waals surface area contributed by atoms with Gasteiger partial charge in [0.05, 0.1) is 27.9 Å². The molecule has 1 aromatic carbocycles. The number of ether oxygens (including phenoxy) is 1. The molecule has 9 heteroatoms. The van der Waals surface area contributed by atoms with E-state index in [4.69, 9.17) is 9.15 Å². The minimum atomic E-state index is -0.624. The molecular formula is C28H31N3O4S2. The Morgan fingerprint density at radius 1 is 1.16 bits per heavy atom. The molecular weight excluding hydrogens is 506 g/mol. The Kier molecular flexibility index (Phi) is 7.44. The number of carbonyl (C=O) groups excluding carboxylic acids is 1. The molecule has 0 aliphatic carbocycles. The summed E-state index contributed by atoms with van der Waals surface area (Å²) in [6.45, 7) is 7.40. The number of carbonyl (C=O) groups is 1. The maximum Gasteiger partial charge on any atom is 0.338 e. The van der Waals surface area contributed by atoms with E-state index in [1.54, 1.807) is 29.3 Å². The number of benzene rings is 1. The van der Waals surface area contributed by atoms with Crippen molar-refractivity contribution < 1.29 is 13.9 Å². The zero-order valence-corrected chi connectivity index (χ0v) is 23.2. The fraction of sp³-hybridized carbons (Fsp3) is 0.393. The molecule has 3 aromatic rings. The molecule has 194 valence electrons. The van der Waals surface area contributed by atoms with Gasteiger partial charge in [-0.2, -0.15) is 0 Å². The molecule has 1 saturated heterocycles. The van der Waals surface area contributed by atoms with Gasteiger partial charge in [-0.15, -0.1) is 11.8 Å². The van der Waals surface area contributed by atoms with E-state index < -0.39 is 12.0 Å². The fourth-order valence-electron chi connectivity index (χ4n) is 4.80. The van der Waals surface area contributed by atoms with Crippen LogP contribution < -0.4 is 19.8 Å². The Hall–Kier alpha value is -3.04. The van der Waals surface area contributed by atoms with Crippen molar-refractivity contribution in [3.05, 3.63) is 78.7 Å². The predicted molar refractivity (Wildman–Crippen MR) is 148 cm³/mol. The molecule has 2 aromatic heterocycles. The summed E-state index contributed by atoms with van der Waals surface area (Å²) in [5.74, 6) is 1.00. The topological polar surface area (TPSA) is 77.0 Å². The van der Waals surface area contributed by atoms with Crippen LogP contribution in [0.25, 0.3) is 6.08 Å². The fourth-order valence-corrected chi connectivity index (χ4v) is 6.23. The van der Waals surface area contributed by atoms with Crippen LogP contribution in [0.3, 0.4) is 0 Å². The van der Waals surface area contributed by atoms with Gasteiger partial charge in [-0.1, -0.05) is 23.5 Å². The lowest BCUT2D eigenvalue weighted by molar-refractivity contribution is -0.143. The van der Waals surface area contributed by atoms with E-state index in [2.05, 4.69) is 9.89 Å². The molecule has 2 aliphatic heterocycles. The zero-order chi connectivity index (χ0) is 26.1. The highest BCUT2D eigenvalue weighted by molar-refractivity contribution is 7.98. The summed E-state index contributed by atoms with van der Waals surface area (Å²) in [7, 11) is 0. The van der Waals surface area contributed by atoms with Gasteiger partial charge in [-0.25, -0.2) is 9.79 Å². The van der Waals surface area contributed by atoms with Gasteiger partial charge >= 0.3 is 5.97 Å². The summed E-state index contributed by atoms with van der Waals surface area (Å²) in [4.78, 5) is 35.6. The molecule has 0 unspecified atom stereocenters. The van der Waals surface area contributed by atoms with Gasteiger partial charge in [0, 0.05) is 30.1 Å². The van der Waals surface area contributed by atoms with Crippen molar-refractivity contribution in [2.24, 2.45) is 4.99 Å². The third-order valence-electron chi connectivity index (χ3n) is 6.57. The molecule has 37 heavy (non-hydrogen) atoms. The van der Waals surface area contributed by atoms with Crippen molar-refractivity contribution >= 4 is 41.0 Å². The average Bonchev–Trinajstić information content (AvgIpc) is 3.48. The van der Waals surface area contributed by atoms with Crippen molar-refractivity contribution in [3.8, 4) is 0 Å². The molecule has 0 spiro atoms. The summed E-state index contributed by atoms with van der Waals surface area (Å²) in [6.07, 6.45) is 7.07. The van der Waals surface area contributed by atoms with Crippen LogP contribution in [0.4, 0.5) is 5.88 Å². The lowest BCUT2D eigenvalue weighted by atomic mass is 9.96. The zero-order valence-electron chi connectivity index (χ0n) is 21.5. The van der Waals surface area contributed by atoms with Gasteiger partial charge in [0.2, 0.25) is 0 Å². The highest BCUT2D eigenvalue weighted by Gasteiger charge is 2.33. The lowest BCUT2D eigenvalue weighted by Crippen LogP contribution is -2.40. The van der Waals surface area contributed by atoms with Crippen LogP contribution in [0.5, 0.6) is 0 Å². The summed E-state index contributed by atoms with van der Waals surface area (Å²) >= 11 is 2.94. The third-order valence-corrected chi connectivity index (χ3v) is 8.30. The van der Waals surface area contributed by atoms with E-state index in [0.717, 1.165) is 42.3 Å². The number of nitrogens with zero attached hydrogens (tertiary/aromatic N) is 3. The third kappa shape index (κ3) is 5.20. The summed E-state index contributed by atoms with van der Waals surface area (Å²) in [5.41, 5.74) is 1.57. The number of furan rings is 1. The van der Waals surface area contributed by atoms with Crippen molar-refractivity contribution in [2.75, 3.05) is 24.2 Å². The Bertz CT molecular complexity index is 1510. The Morgan fingerprint density at radius 2 is 1.89 bits per heavy atom. The summed E-state index contributed by atoms with van der Waals surface area (Å²) < 4.78 is 13.8. The van der Waals surface area contributed by atoms with E-state index in [9.17, 15) is 9.59 Å². The number of rotatable bonds is 6. The van der Waals surface area contributed by atoms with E-state index in [0.29, 0.717) is 26.4 Å². The van der Waals surface area contributed by atoms with Crippen LogP contribution in [0.15, 0.2) is 66.8 Å². The average molecular weight is 538 g/mol. The monoisotopic (exact) mass is 537 g/mol. The van der Waals surface area contributed by atoms with Gasteiger partial charge in [-0.3, -0.25) is 9.36 Å². The van der Waals surface area contributed by atoms with E-state index in [1.807, 2.05) is 56.5 Å². The molecule has 0 amide bonds. The number of esters is 1. The van der Waals surface area contributed by atoms with Gasteiger partial charge in [0.15, 0.2) is 10.7 Å². The minimum Gasteiger partial charge on any atom is -0.459 e. The smallest absolute Gasteiger partial charge is 0.338 e. The molecule has 0 saturated carbocycles. The Labute approximate surface area is 224 Å². The van der Waals surface area contributed by atoms with Gasteiger partial charge < -0.3 is 14.1 Å². The standard InChI is InChI=1S/C28H31N3O4S2/c1-17(2)34-27(33)24-18(3)29-28-31(25(24)19-8-11-21(36-4)12-9-19)26(32)22(37-28)16-20-10-13-23(35-20)30-14-6-5-7-15-30/h8-13,16-17,25H,5-7,14-15H2,1-4H3/b22-16-/t25-/m1/s1. The number of fused-ring (bicyclic) bond motifs is 1. The lowest BCUT2D eigenvalue weighted by Gasteiger charge is -2.25. The molecule has 4 heterocycles. The molecule has 0 N–H and O–H groups in total. The number of thioether (sulfide) groups is 1. The molecule has 0 bridgehead atoms. The predicted octanol–water partition coefficient (Wildman–Crippen LogP) is 4.49. The minimum absolute atomic E-state index is 0.207. The van der Waals surface area contributed by atoms with Crippen LogP contribution in [-0.2, 0) is 9.53 Å². The quantitative estimate of drug-likeness (QED) is 0.341. The summed E-state index contributed by atoms with van der Waals surface area (Å²) in [5, 5.41) is 0.